The Kier molecular flexibility index (Phi) is 3.30. The van der Waals surface area contributed by atoms with Crippen LogP contribution >= 0.6 is 11.6 Å². The molecule has 1 radical (unpaired) electrons. The number of hydrogen-bond donors (Lipinski definition) is 0. The summed E-state index contributed by atoms with van der Waals surface area (Å²) in [6.45, 7) is 3.62. The van der Waals surface area contributed by atoms with Crippen LogP contribution in [0.5, 0.6) is 0 Å². The van der Waals surface area contributed by atoms with Crippen molar-refractivity contribution in [3.8, 4) is 0 Å². The second-order valence-corrected chi connectivity index (χ2v) is 2.91. The van der Waals surface area contributed by atoms with Crippen LogP contribution in [0.3, 0.4) is 0 Å². The molecular formula is C10H10ClO. The molecule has 1 nitrogen and oxygen atoms in total. The van der Waals surface area contributed by atoms with Crippen molar-refractivity contribution in [1.29, 1.82) is 0 Å². The van der Waals surface area contributed by atoms with E-state index in [9.17, 15) is 4.79 Å². The van der Waals surface area contributed by atoms with Gasteiger partial charge in [-0.3, -0.25) is 4.79 Å². The monoisotopic (exact) mass is 181 g/mol. The Labute approximate surface area is 77.4 Å². The van der Waals surface area contributed by atoms with Crippen molar-refractivity contribution >= 4 is 17.4 Å². The van der Waals surface area contributed by atoms with E-state index in [-0.39, 0.29) is 5.78 Å². The van der Waals surface area contributed by atoms with Crippen molar-refractivity contribution in [2.45, 2.75) is 12.8 Å². The molecule has 1 aromatic carbocycles. The van der Waals surface area contributed by atoms with Crippen LogP contribution in [0, 0.1) is 6.92 Å². The molecular weight excluding hydrogens is 172 g/mol. The van der Waals surface area contributed by atoms with Gasteiger partial charge in [-0.2, -0.15) is 0 Å². The van der Waals surface area contributed by atoms with Gasteiger partial charge in [0.1, 0.15) is 0 Å². The van der Waals surface area contributed by atoms with E-state index in [0.717, 1.165) is 0 Å². The zero-order valence-electron chi connectivity index (χ0n) is 6.72. The third-order valence-corrected chi connectivity index (χ3v) is 1.91. The molecule has 12 heavy (non-hydrogen) atoms. The lowest BCUT2D eigenvalue weighted by Gasteiger charge is -2.00. The van der Waals surface area contributed by atoms with Gasteiger partial charge in [-0.25, -0.2) is 0 Å². The minimum atomic E-state index is 0.0654. The maximum Gasteiger partial charge on any atom is 0.164 e. The Morgan fingerprint density at radius 3 is 2.67 bits per heavy atom. The summed E-state index contributed by atoms with van der Waals surface area (Å²) in [5, 5.41) is 0.524. The lowest BCUT2D eigenvalue weighted by molar-refractivity contribution is 0.0983. The molecule has 1 aromatic rings. The lowest BCUT2D eigenvalue weighted by atomic mass is 10.1. The SMILES string of the molecule is [CH2]CCC(=O)c1ccccc1Cl. The van der Waals surface area contributed by atoms with Crippen molar-refractivity contribution in [2.24, 2.45) is 0 Å². The van der Waals surface area contributed by atoms with E-state index in [4.69, 9.17) is 11.6 Å². The normalized spacial score (nSPS) is 9.83. The highest BCUT2D eigenvalue weighted by Gasteiger charge is 2.07. The van der Waals surface area contributed by atoms with E-state index < -0.39 is 0 Å². The Hall–Kier alpha value is -0.820. The van der Waals surface area contributed by atoms with Crippen LogP contribution in [0.1, 0.15) is 23.2 Å². The number of hydrogen-bond acceptors (Lipinski definition) is 1. The molecule has 2 heteroatoms. The molecule has 63 valence electrons. The molecule has 0 unspecified atom stereocenters. The largest absolute Gasteiger partial charge is 0.294 e. The average Bonchev–Trinajstić information content (AvgIpc) is 2.05. The quantitative estimate of drug-likeness (QED) is 0.655. The summed E-state index contributed by atoms with van der Waals surface area (Å²) < 4.78 is 0. The molecule has 0 N–H and O–H groups in total. The highest BCUT2D eigenvalue weighted by molar-refractivity contribution is 6.33. The summed E-state index contributed by atoms with van der Waals surface area (Å²) in [4.78, 5) is 11.3. The molecule has 0 aliphatic rings. The Morgan fingerprint density at radius 2 is 2.08 bits per heavy atom. The van der Waals surface area contributed by atoms with E-state index in [1.165, 1.54) is 0 Å². The van der Waals surface area contributed by atoms with E-state index in [2.05, 4.69) is 6.92 Å². The second-order valence-electron chi connectivity index (χ2n) is 2.51. The molecule has 1 rings (SSSR count). The molecule has 0 saturated heterocycles. The number of carbonyl (C=O) groups is 1. The predicted molar refractivity (Wildman–Crippen MR) is 50.4 cm³/mol. The van der Waals surface area contributed by atoms with E-state index in [1.54, 1.807) is 12.1 Å². The van der Waals surface area contributed by atoms with Crippen LogP contribution in [0.2, 0.25) is 5.02 Å². The lowest BCUT2D eigenvalue weighted by Crippen LogP contribution is -1.98. The van der Waals surface area contributed by atoms with Gasteiger partial charge in [-0.1, -0.05) is 30.7 Å². The number of benzene rings is 1. The Morgan fingerprint density at radius 1 is 1.42 bits per heavy atom. The Balaban J connectivity index is 2.87. The topological polar surface area (TPSA) is 17.1 Å². The zero-order valence-corrected chi connectivity index (χ0v) is 7.47. The number of rotatable bonds is 3. The van der Waals surface area contributed by atoms with Gasteiger partial charge in [0.05, 0.1) is 5.02 Å². The minimum Gasteiger partial charge on any atom is -0.294 e. The first-order valence-electron chi connectivity index (χ1n) is 3.82. The van der Waals surface area contributed by atoms with Gasteiger partial charge >= 0.3 is 0 Å². The van der Waals surface area contributed by atoms with E-state index in [1.807, 2.05) is 12.1 Å². The van der Waals surface area contributed by atoms with Crippen LogP contribution < -0.4 is 0 Å². The van der Waals surface area contributed by atoms with Gasteiger partial charge in [-0.05, 0) is 18.6 Å². The first kappa shape index (κ1) is 9.27. The van der Waals surface area contributed by atoms with Gasteiger partial charge < -0.3 is 0 Å². The van der Waals surface area contributed by atoms with Crippen LogP contribution in [0.15, 0.2) is 24.3 Å². The Bertz CT molecular complexity index is 281. The van der Waals surface area contributed by atoms with Crippen molar-refractivity contribution in [1.82, 2.24) is 0 Å². The molecule has 0 saturated carbocycles. The highest BCUT2D eigenvalue weighted by Crippen LogP contribution is 2.16. The predicted octanol–water partition coefficient (Wildman–Crippen LogP) is 3.14. The first-order valence-corrected chi connectivity index (χ1v) is 4.20. The molecule has 0 aromatic heterocycles. The molecule has 0 atom stereocenters. The third-order valence-electron chi connectivity index (χ3n) is 1.58. The fraction of sp³-hybridized carbons (Fsp3) is 0.200. The number of carbonyl (C=O) groups excluding carboxylic acids is 1. The maximum absolute atomic E-state index is 11.3. The molecule has 0 aliphatic carbocycles. The standard InChI is InChI=1S/C10H10ClO/c1-2-5-10(12)8-6-3-4-7-9(8)11/h3-4,6-7H,1-2,5H2. The highest BCUT2D eigenvalue weighted by atomic mass is 35.5. The van der Waals surface area contributed by atoms with Gasteiger partial charge in [0.15, 0.2) is 5.78 Å². The van der Waals surface area contributed by atoms with Crippen LogP contribution in [0.25, 0.3) is 0 Å². The average molecular weight is 182 g/mol. The van der Waals surface area contributed by atoms with Crippen molar-refractivity contribution < 1.29 is 4.79 Å². The molecule has 0 amide bonds. The maximum atomic E-state index is 11.3. The molecule has 0 aliphatic heterocycles. The summed E-state index contributed by atoms with van der Waals surface area (Å²) in [6, 6.07) is 7.07. The summed E-state index contributed by atoms with van der Waals surface area (Å²) in [7, 11) is 0. The molecule has 0 bridgehead atoms. The molecule has 0 spiro atoms. The van der Waals surface area contributed by atoms with E-state index >= 15 is 0 Å². The summed E-state index contributed by atoms with van der Waals surface area (Å²) in [6.07, 6.45) is 1.08. The second kappa shape index (κ2) is 4.27. The number of ketones is 1. The fourth-order valence-electron chi connectivity index (χ4n) is 0.983. The van der Waals surface area contributed by atoms with Crippen LogP contribution in [-0.4, -0.2) is 5.78 Å². The van der Waals surface area contributed by atoms with Gasteiger partial charge in [0, 0.05) is 12.0 Å². The minimum absolute atomic E-state index is 0.0654. The smallest absolute Gasteiger partial charge is 0.164 e. The summed E-state index contributed by atoms with van der Waals surface area (Å²) in [5.74, 6) is 0.0654. The van der Waals surface area contributed by atoms with Gasteiger partial charge in [0.2, 0.25) is 0 Å². The third kappa shape index (κ3) is 2.08. The number of Topliss-reactive ketones (excluding diaryl/α,β-unsaturated/α-hetero) is 1. The summed E-state index contributed by atoms with van der Waals surface area (Å²) in [5.41, 5.74) is 0.600. The zero-order chi connectivity index (χ0) is 8.97. The summed E-state index contributed by atoms with van der Waals surface area (Å²) >= 11 is 5.81. The fourth-order valence-corrected chi connectivity index (χ4v) is 1.22. The van der Waals surface area contributed by atoms with Crippen molar-refractivity contribution in [3.63, 3.8) is 0 Å². The van der Waals surface area contributed by atoms with Gasteiger partial charge in [-0.15, -0.1) is 0 Å². The number of halogens is 1. The van der Waals surface area contributed by atoms with Crippen LogP contribution in [-0.2, 0) is 0 Å². The van der Waals surface area contributed by atoms with E-state index in [0.29, 0.717) is 23.4 Å². The molecule has 0 heterocycles. The van der Waals surface area contributed by atoms with Crippen LogP contribution in [0.4, 0.5) is 0 Å². The first-order chi connectivity index (χ1) is 5.75. The molecule has 0 fully saturated rings. The van der Waals surface area contributed by atoms with Gasteiger partial charge in [0.25, 0.3) is 0 Å². The van der Waals surface area contributed by atoms with Crippen molar-refractivity contribution in [3.05, 3.63) is 41.8 Å². The van der Waals surface area contributed by atoms with Crippen molar-refractivity contribution in [2.75, 3.05) is 0 Å².